The zero-order chi connectivity index (χ0) is 7.40. The fraction of sp³-hybridized carbons (Fsp3) is 1.00. The van der Waals surface area contributed by atoms with E-state index < -0.39 is 0 Å². The smallest absolute Gasteiger partial charge is 0.00922 e. The van der Waals surface area contributed by atoms with Crippen LogP contribution in [-0.2, 0) is 0 Å². The molecule has 1 aliphatic rings. The third-order valence-electron chi connectivity index (χ3n) is 2.80. The highest BCUT2D eigenvalue weighted by atomic mass is 14.9. The number of rotatable bonds is 2. The summed E-state index contributed by atoms with van der Waals surface area (Å²) in [5.74, 6) is 0.957. The fourth-order valence-corrected chi connectivity index (χ4v) is 2.08. The van der Waals surface area contributed by atoms with Gasteiger partial charge in [0.2, 0.25) is 0 Å². The van der Waals surface area contributed by atoms with Crippen molar-refractivity contribution in [3.05, 3.63) is 0 Å². The van der Waals surface area contributed by atoms with Gasteiger partial charge in [-0.05, 0) is 25.8 Å². The van der Waals surface area contributed by atoms with Crippen LogP contribution in [0, 0.1) is 5.92 Å². The van der Waals surface area contributed by atoms with E-state index in [1.807, 2.05) is 0 Å². The minimum atomic E-state index is 0.818. The van der Waals surface area contributed by atoms with Crippen molar-refractivity contribution in [1.29, 1.82) is 0 Å². The van der Waals surface area contributed by atoms with Crippen LogP contribution in [0.3, 0.4) is 0 Å². The third kappa shape index (κ3) is 1.72. The fourth-order valence-electron chi connectivity index (χ4n) is 2.08. The maximum Gasteiger partial charge on any atom is 0.00922 e. The van der Waals surface area contributed by atoms with Gasteiger partial charge in [0.25, 0.3) is 0 Å². The molecule has 10 heavy (non-hydrogen) atoms. The summed E-state index contributed by atoms with van der Waals surface area (Å²) in [6.07, 6.45) is 7.08. The standard InChI is InChI=1S/C9H19N/c1-3-8-6-4-5-7-9(8)10-2/h8-10H,3-7H2,1-2H3/t8?,9-/m0/s1. The molecule has 1 aliphatic carbocycles. The highest BCUT2D eigenvalue weighted by Gasteiger charge is 2.21. The minimum Gasteiger partial charge on any atom is -0.317 e. The lowest BCUT2D eigenvalue weighted by molar-refractivity contribution is 0.267. The highest BCUT2D eigenvalue weighted by Crippen LogP contribution is 2.26. The molecule has 1 N–H and O–H groups in total. The molecule has 0 aromatic heterocycles. The Morgan fingerprint density at radius 1 is 1.30 bits per heavy atom. The van der Waals surface area contributed by atoms with Crippen LogP contribution in [0.25, 0.3) is 0 Å². The lowest BCUT2D eigenvalue weighted by atomic mass is 9.83. The molecule has 1 heteroatoms. The summed E-state index contributed by atoms with van der Waals surface area (Å²) in [5, 5.41) is 3.40. The van der Waals surface area contributed by atoms with Crippen LogP contribution in [0.5, 0.6) is 0 Å². The van der Waals surface area contributed by atoms with E-state index in [-0.39, 0.29) is 0 Å². The lowest BCUT2D eigenvalue weighted by Crippen LogP contribution is -2.35. The van der Waals surface area contributed by atoms with Crippen LogP contribution >= 0.6 is 0 Å². The van der Waals surface area contributed by atoms with Crippen molar-refractivity contribution in [2.75, 3.05) is 7.05 Å². The molecule has 0 heterocycles. The zero-order valence-electron chi connectivity index (χ0n) is 7.19. The Balaban J connectivity index is 2.34. The van der Waals surface area contributed by atoms with Crippen molar-refractivity contribution in [1.82, 2.24) is 5.32 Å². The molecule has 0 aliphatic heterocycles. The minimum absolute atomic E-state index is 0.818. The van der Waals surface area contributed by atoms with E-state index in [9.17, 15) is 0 Å². The van der Waals surface area contributed by atoms with Crippen molar-refractivity contribution in [3.8, 4) is 0 Å². The normalized spacial score (nSPS) is 34.2. The largest absolute Gasteiger partial charge is 0.317 e. The summed E-state index contributed by atoms with van der Waals surface area (Å²) in [4.78, 5) is 0. The Bertz CT molecular complexity index is 78.7. The van der Waals surface area contributed by atoms with Gasteiger partial charge in [0.1, 0.15) is 0 Å². The van der Waals surface area contributed by atoms with Crippen LogP contribution in [0.1, 0.15) is 39.0 Å². The molecule has 0 aromatic carbocycles. The molecule has 0 amide bonds. The van der Waals surface area contributed by atoms with E-state index in [2.05, 4.69) is 19.3 Å². The Morgan fingerprint density at radius 2 is 2.00 bits per heavy atom. The summed E-state index contributed by atoms with van der Waals surface area (Å²) in [5.41, 5.74) is 0. The summed E-state index contributed by atoms with van der Waals surface area (Å²) in [7, 11) is 2.10. The third-order valence-corrected chi connectivity index (χ3v) is 2.80. The molecular weight excluding hydrogens is 122 g/mol. The summed E-state index contributed by atoms with van der Waals surface area (Å²) >= 11 is 0. The monoisotopic (exact) mass is 141 g/mol. The van der Waals surface area contributed by atoms with Gasteiger partial charge >= 0.3 is 0 Å². The molecule has 0 radical (unpaired) electrons. The molecule has 0 bridgehead atoms. The Morgan fingerprint density at radius 3 is 2.50 bits per heavy atom. The molecule has 1 fully saturated rings. The first-order valence-corrected chi connectivity index (χ1v) is 4.55. The maximum atomic E-state index is 3.40. The molecular formula is C9H19N. The van der Waals surface area contributed by atoms with E-state index in [0.717, 1.165) is 12.0 Å². The van der Waals surface area contributed by atoms with Crippen molar-refractivity contribution >= 4 is 0 Å². The SMILES string of the molecule is CCC1CCCC[C@@H]1NC. The van der Waals surface area contributed by atoms with E-state index in [0.29, 0.717) is 0 Å². The van der Waals surface area contributed by atoms with Gasteiger partial charge in [0, 0.05) is 6.04 Å². The summed E-state index contributed by atoms with van der Waals surface area (Å²) in [6.45, 7) is 2.31. The average molecular weight is 141 g/mol. The average Bonchev–Trinajstić information content (AvgIpc) is 2.04. The van der Waals surface area contributed by atoms with Crippen LogP contribution in [-0.4, -0.2) is 13.1 Å². The zero-order valence-corrected chi connectivity index (χ0v) is 7.19. The van der Waals surface area contributed by atoms with Gasteiger partial charge < -0.3 is 5.32 Å². The Hall–Kier alpha value is -0.0400. The quantitative estimate of drug-likeness (QED) is 0.621. The second-order valence-corrected chi connectivity index (χ2v) is 3.35. The summed E-state index contributed by atoms with van der Waals surface area (Å²) < 4.78 is 0. The first kappa shape index (κ1) is 8.06. The topological polar surface area (TPSA) is 12.0 Å². The molecule has 1 rings (SSSR count). The van der Waals surface area contributed by atoms with Crippen LogP contribution in [0.15, 0.2) is 0 Å². The van der Waals surface area contributed by atoms with Crippen LogP contribution in [0.4, 0.5) is 0 Å². The van der Waals surface area contributed by atoms with Gasteiger partial charge in [-0.3, -0.25) is 0 Å². The van der Waals surface area contributed by atoms with E-state index >= 15 is 0 Å². The summed E-state index contributed by atoms with van der Waals surface area (Å²) in [6, 6.07) is 0.818. The van der Waals surface area contributed by atoms with Gasteiger partial charge in [-0.1, -0.05) is 26.2 Å². The molecule has 2 atom stereocenters. The lowest BCUT2D eigenvalue weighted by Gasteiger charge is -2.30. The second kappa shape index (κ2) is 3.97. The number of nitrogens with one attached hydrogen (secondary N) is 1. The van der Waals surface area contributed by atoms with Crippen molar-refractivity contribution < 1.29 is 0 Å². The first-order chi connectivity index (χ1) is 4.88. The highest BCUT2D eigenvalue weighted by molar-refractivity contribution is 4.78. The Kier molecular flexibility index (Phi) is 3.20. The van der Waals surface area contributed by atoms with Crippen molar-refractivity contribution in [3.63, 3.8) is 0 Å². The molecule has 0 saturated heterocycles. The molecule has 1 saturated carbocycles. The van der Waals surface area contributed by atoms with Crippen molar-refractivity contribution in [2.45, 2.75) is 45.1 Å². The molecule has 60 valence electrons. The molecule has 1 unspecified atom stereocenters. The van der Waals surface area contributed by atoms with Gasteiger partial charge in [-0.25, -0.2) is 0 Å². The van der Waals surface area contributed by atoms with E-state index in [4.69, 9.17) is 0 Å². The maximum absolute atomic E-state index is 3.40. The second-order valence-electron chi connectivity index (χ2n) is 3.35. The van der Waals surface area contributed by atoms with Crippen LogP contribution in [0.2, 0.25) is 0 Å². The molecule has 0 aromatic rings. The van der Waals surface area contributed by atoms with Gasteiger partial charge in [0.05, 0.1) is 0 Å². The number of hydrogen-bond donors (Lipinski definition) is 1. The predicted octanol–water partition coefficient (Wildman–Crippen LogP) is 2.17. The molecule has 1 nitrogen and oxygen atoms in total. The Labute approximate surface area is 64.2 Å². The van der Waals surface area contributed by atoms with Gasteiger partial charge in [-0.15, -0.1) is 0 Å². The first-order valence-electron chi connectivity index (χ1n) is 4.55. The number of hydrogen-bond acceptors (Lipinski definition) is 1. The van der Waals surface area contributed by atoms with Crippen LogP contribution < -0.4 is 5.32 Å². The van der Waals surface area contributed by atoms with E-state index in [1.165, 1.54) is 32.1 Å². The van der Waals surface area contributed by atoms with Gasteiger partial charge in [0.15, 0.2) is 0 Å². The molecule has 0 spiro atoms. The predicted molar refractivity (Wildman–Crippen MR) is 45.1 cm³/mol. The van der Waals surface area contributed by atoms with E-state index in [1.54, 1.807) is 0 Å². The van der Waals surface area contributed by atoms with Crippen molar-refractivity contribution in [2.24, 2.45) is 5.92 Å². The van der Waals surface area contributed by atoms with Gasteiger partial charge in [-0.2, -0.15) is 0 Å².